The number of nitrogens with two attached hydrogens (primary N) is 2. The van der Waals surface area contributed by atoms with Crippen LogP contribution in [0, 0.1) is 0 Å². The highest BCUT2D eigenvalue weighted by Crippen LogP contribution is 1.98. The highest BCUT2D eigenvalue weighted by molar-refractivity contribution is 5.95. The minimum atomic E-state index is -1.75. The number of carboxylic acid groups (broad SMARTS) is 3. The summed E-state index contributed by atoms with van der Waals surface area (Å²) < 4.78 is 0. The first-order valence-electron chi connectivity index (χ1n) is 7.91. The molecule has 0 rings (SSSR count). The van der Waals surface area contributed by atoms with Gasteiger partial charge in [-0.1, -0.05) is 0 Å². The van der Waals surface area contributed by atoms with Crippen LogP contribution in [0.1, 0.15) is 19.3 Å². The number of aliphatic carboxylic acids is 3. The fourth-order valence-electron chi connectivity index (χ4n) is 1.88. The monoisotopic (exact) mass is 419 g/mol. The molecule has 0 aliphatic heterocycles. The summed E-state index contributed by atoms with van der Waals surface area (Å²) in [5, 5.41) is 32.2. The molecule has 0 aliphatic rings. The molecule has 0 aromatic rings. The third-order valence-corrected chi connectivity index (χ3v) is 3.20. The van der Waals surface area contributed by atoms with Gasteiger partial charge in [0, 0.05) is 0 Å². The fourth-order valence-corrected chi connectivity index (χ4v) is 1.88. The van der Waals surface area contributed by atoms with Gasteiger partial charge in [-0.05, 0) is 0 Å². The van der Waals surface area contributed by atoms with Gasteiger partial charge in [0.15, 0.2) is 0 Å². The summed E-state index contributed by atoms with van der Waals surface area (Å²) in [5.41, 5.74) is 10.1. The lowest BCUT2D eigenvalue weighted by atomic mass is 10.1. The van der Waals surface area contributed by atoms with Gasteiger partial charge < -0.3 is 42.7 Å². The van der Waals surface area contributed by atoms with Gasteiger partial charge in [0.1, 0.15) is 12.1 Å². The molecule has 0 saturated carbocycles. The van der Waals surface area contributed by atoms with Crippen LogP contribution in [0.3, 0.4) is 0 Å². The maximum Gasteiger partial charge on any atom is 0.326 e. The van der Waals surface area contributed by atoms with Crippen molar-refractivity contribution in [3.63, 3.8) is 0 Å². The second-order valence-electron chi connectivity index (χ2n) is 5.71. The van der Waals surface area contributed by atoms with E-state index in [1.54, 1.807) is 0 Å². The zero-order valence-corrected chi connectivity index (χ0v) is 14.9. The third-order valence-electron chi connectivity index (χ3n) is 3.20. The summed E-state index contributed by atoms with van der Waals surface area (Å²) in [5.74, 6) is -8.75. The van der Waals surface area contributed by atoms with Gasteiger partial charge in [-0.25, -0.2) is 4.79 Å². The Kier molecular flexibility index (Phi) is 10.3. The molecular weight excluding hydrogens is 398 g/mol. The van der Waals surface area contributed by atoms with E-state index in [1.807, 2.05) is 16.0 Å². The van der Waals surface area contributed by atoms with Crippen LogP contribution >= 0.6 is 0 Å². The summed E-state index contributed by atoms with van der Waals surface area (Å²) in [7, 11) is 0. The number of rotatable bonds is 13. The molecule has 0 saturated heterocycles. The largest absolute Gasteiger partial charge is 0.481 e. The normalized spacial score (nSPS) is 13.3. The van der Waals surface area contributed by atoms with E-state index in [9.17, 15) is 33.6 Å². The van der Waals surface area contributed by atoms with Crippen LogP contribution in [0.5, 0.6) is 0 Å². The van der Waals surface area contributed by atoms with Gasteiger partial charge >= 0.3 is 17.9 Å². The van der Waals surface area contributed by atoms with Crippen molar-refractivity contribution >= 4 is 41.5 Å². The summed E-state index contributed by atoms with van der Waals surface area (Å²) in [6, 6.07) is -4.93. The Hall–Kier alpha value is -3.75. The molecule has 0 fully saturated rings. The zero-order valence-electron chi connectivity index (χ0n) is 14.9. The smallest absolute Gasteiger partial charge is 0.326 e. The quantitative estimate of drug-likeness (QED) is 0.140. The molecule has 15 heteroatoms. The van der Waals surface area contributed by atoms with Crippen molar-refractivity contribution in [2.24, 2.45) is 11.5 Å². The van der Waals surface area contributed by atoms with E-state index in [2.05, 4.69) is 0 Å². The Labute approximate surface area is 162 Å². The predicted molar refractivity (Wildman–Crippen MR) is 90.8 cm³/mol. The van der Waals surface area contributed by atoms with Gasteiger partial charge in [0.05, 0.1) is 31.8 Å². The Balaban J connectivity index is 4.94. The molecule has 0 spiro atoms. The van der Waals surface area contributed by atoms with Crippen LogP contribution in [0.2, 0.25) is 0 Å². The predicted octanol–water partition coefficient (Wildman–Crippen LogP) is -4.69. The third kappa shape index (κ3) is 10.9. The topological polar surface area (TPSA) is 268 Å². The summed E-state index contributed by atoms with van der Waals surface area (Å²) in [4.78, 5) is 78.7. The number of carbonyl (C=O) groups is 7. The Bertz CT molecular complexity index is 694. The number of amides is 4. The summed E-state index contributed by atoms with van der Waals surface area (Å²) in [6.45, 7) is -0.765. The highest BCUT2D eigenvalue weighted by atomic mass is 16.4. The average Bonchev–Trinajstić information content (AvgIpc) is 2.56. The molecule has 29 heavy (non-hydrogen) atoms. The first-order valence-corrected chi connectivity index (χ1v) is 7.91. The van der Waals surface area contributed by atoms with Gasteiger partial charge in [0.2, 0.25) is 23.6 Å². The van der Waals surface area contributed by atoms with Crippen molar-refractivity contribution in [2.75, 3.05) is 6.54 Å². The minimum absolute atomic E-state index is 0.700. The van der Waals surface area contributed by atoms with Crippen molar-refractivity contribution in [2.45, 2.75) is 37.4 Å². The van der Waals surface area contributed by atoms with Crippen molar-refractivity contribution < 1.29 is 48.9 Å². The van der Waals surface area contributed by atoms with Gasteiger partial charge in [0.25, 0.3) is 0 Å². The standard InChI is InChI=1S/C14H21N5O10/c15-5(1-10(22)23)12(26)17-4-9(21)18-6(3-11(24)25)13(27)19-7(14(28)29)2-8(16)20/h5-7H,1-4,15H2,(H2,16,20)(H,17,26)(H,18,21)(H,19,27)(H,22,23)(H,24,25)(H,28,29). The van der Waals surface area contributed by atoms with Crippen LogP contribution < -0.4 is 27.4 Å². The van der Waals surface area contributed by atoms with Crippen LogP contribution in [0.25, 0.3) is 0 Å². The molecule has 162 valence electrons. The number of nitrogens with one attached hydrogen (secondary N) is 3. The zero-order chi connectivity index (χ0) is 22.7. The molecule has 0 aromatic carbocycles. The number of primary amides is 1. The van der Waals surface area contributed by atoms with E-state index in [-0.39, 0.29) is 0 Å². The second kappa shape index (κ2) is 11.9. The first kappa shape index (κ1) is 25.2. The lowest BCUT2D eigenvalue weighted by Gasteiger charge is -2.20. The lowest BCUT2D eigenvalue weighted by Crippen LogP contribution is -2.54. The van der Waals surface area contributed by atoms with Crippen molar-refractivity contribution in [1.29, 1.82) is 0 Å². The SMILES string of the molecule is NC(=O)CC(NC(=O)C(CC(=O)O)NC(=O)CNC(=O)C(N)CC(=O)O)C(=O)O. The van der Waals surface area contributed by atoms with E-state index in [0.717, 1.165) is 0 Å². The number of carboxylic acids is 3. The van der Waals surface area contributed by atoms with Crippen molar-refractivity contribution in [1.82, 2.24) is 16.0 Å². The van der Waals surface area contributed by atoms with Crippen LogP contribution in [0.15, 0.2) is 0 Å². The molecule has 0 radical (unpaired) electrons. The number of carbonyl (C=O) groups excluding carboxylic acids is 4. The molecular formula is C14H21N5O10. The van der Waals surface area contributed by atoms with Crippen LogP contribution in [0.4, 0.5) is 0 Å². The van der Waals surface area contributed by atoms with Crippen molar-refractivity contribution in [3.8, 4) is 0 Å². The van der Waals surface area contributed by atoms with Gasteiger partial charge in [-0.2, -0.15) is 0 Å². The Morgan fingerprint density at radius 2 is 1.31 bits per heavy atom. The average molecular weight is 419 g/mol. The van der Waals surface area contributed by atoms with Gasteiger partial charge in [-0.15, -0.1) is 0 Å². The maximum absolute atomic E-state index is 12.1. The Morgan fingerprint density at radius 3 is 1.76 bits per heavy atom. The molecule has 0 aromatic heterocycles. The van der Waals surface area contributed by atoms with E-state index < -0.39 is 85.5 Å². The number of hydrogen-bond donors (Lipinski definition) is 8. The molecule has 4 amide bonds. The highest BCUT2D eigenvalue weighted by Gasteiger charge is 2.29. The van der Waals surface area contributed by atoms with E-state index in [0.29, 0.717) is 0 Å². The molecule has 0 bridgehead atoms. The van der Waals surface area contributed by atoms with Crippen LogP contribution in [-0.2, 0) is 33.6 Å². The molecule has 3 unspecified atom stereocenters. The molecule has 3 atom stereocenters. The minimum Gasteiger partial charge on any atom is -0.481 e. The molecule has 0 heterocycles. The molecule has 0 aliphatic carbocycles. The number of hydrogen-bond acceptors (Lipinski definition) is 8. The lowest BCUT2D eigenvalue weighted by molar-refractivity contribution is -0.144. The fraction of sp³-hybridized carbons (Fsp3) is 0.500. The Morgan fingerprint density at radius 1 is 0.759 bits per heavy atom. The van der Waals surface area contributed by atoms with Crippen LogP contribution in [-0.4, -0.2) is 81.5 Å². The van der Waals surface area contributed by atoms with E-state index in [1.165, 1.54) is 0 Å². The maximum atomic E-state index is 12.1. The molecule has 15 nitrogen and oxygen atoms in total. The molecule has 10 N–H and O–H groups in total. The van der Waals surface area contributed by atoms with Crippen molar-refractivity contribution in [3.05, 3.63) is 0 Å². The summed E-state index contributed by atoms with van der Waals surface area (Å²) in [6.07, 6.45) is -2.41. The van der Waals surface area contributed by atoms with E-state index in [4.69, 9.17) is 26.8 Å². The summed E-state index contributed by atoms with van der Waals surface area (Å²) >= 11 is 0. The van der Waals surface area contributed by atoms with Gasteiger partial charge in [-0.3, -0.25) is 28.8 Å². The van der Waals surface area contributed by atoms with E-state index >= 15 is 0 Å². The first-order chi connectivity index (χ1) is 13.3. The second-order valence-corrected chi connectivity index (χ2v) is 5.71.